The number of halogens is 1. The molecular formula is C26H18ClN3O3S. The zero-order valence-corrected chi connectivity index (χ0v) is 19.3. The Kier molecular flexibility index (Phi) is 5.96. The molecule has 168 valence electrons. The van der Waals surface area contributed by atoms with Crippen molar-refractivity contribution in [3.8, 4) is 0 Å². The zero-order valence-electron chi connectivity index (χ0n) is 17.8. The third-order valence-electron chi connectivity index (χ3n) is 5.36. The van der Waals surface area contributed by atoms with Gasteiger partial charge in [-0.2, -0.15) is 0 Å². The minimum absolute atomic E-state index is 0.107. The molecule has 8 heteroatoms. The van der Waals surface area contributed by atoms with Gasteiger partial charge in [0.1, 0.15) is 6.54 Å². The molecule has 0 aliphatic carbocycles. The molecule has 3 aromatic carbocycles. The molecule has 0 spiro atoms. The summed E-state index contributed by atoms with van der Waals surface area (Å²) in [6.07, 6.45) is 3.53. The van der Waals surface area contributed by atoms with Gasteiger partial charge in [0.05, 0.1) is 10.6 Å². The van der Waals surface area contributed by atoms with Crippen LogP contribution < -0.4 is 10.2 Å². The summed E-state index contributed by atoms with van der Waals surface area (Å²) in [6.45, 7) is 0.107. The normalized spacial score (nSPS) is 14.9. The predicted octanol–water partition coefficient (Wildman–Crippen LogP) is 6.17. The molecule has 0 radical (unpaired) electrons. The highest BCUT2D eigenvalue weighted by molar-refractivity contribution is 8.19. The van der Waals surface area contributed by atoms with E-state index in [0.717, 1.165) is 38.8 Å². The molecule has 0 atom stereocenters. The summed E-state index contributed by atoms with van der Waals surface area (Å²) in [5, 5.41) is 3.92. The van der Waals surface area contributed by atoms with Crippen molar-refractivity contribution in [3.05, 3.63) is 101 Å². The quantitative estimate of drug-likeness (QED) is 0.341. The summed E-state index contributed by atoms with van der Waals surface area (Å²) in [7, 11) is 0. The lowest BCUT2D eigenvalue weighted by molar-refractivity contribution is -0.116. The van der Waals surface area contributed by atoms with Gasteiger partial charge in [-0.3, -0.25) is 14.4 Å². The Bertz CT molecular complexity index is 1450. The summed E-state index contributed by atoms with van der Waals surface area (Å²) >= 11 is 6.82. The molecule has 1 aliphatic heterocycles. The molecular weight excluding hydrogens is 470 g/mol. The molecule has 5 rings (SSSR count). The van der Waals surface area contributed by atoms with E-state index in [2.05, 4.69) is 5.32 Å². The van der Waals surface area contributed by atoms with Gasteiger partial charge in [0, 0.05) is 33.4 Å². The fourth-order valence-corrected chi connectivity index (χ4v) is 4.78. The summed E-state index contributed by atoms with van der Waals surface area (Å²) in [5.41, 5.74) is 2.80. The average Bonchev–Trinajstić information content (AvgIpc) is 3.31. The Balaban J connectivity index is 1.44. The Hall–Kier alpha value is -3.81. The molecule has 2 heterocycles. The number of hydrogen-bond donors (Lipinski definition) is 1. The number of fused-ring (bicyclic) bond motifs is 1. The van der Waals surface area contributed by atoms with Crippen molar-refractivity contribution in [2.75, 3.05) is 10.2 Å². The van der Waals surface area contributed by atoms with E-state index in [0.29, 0.717) is 15.6 Å². The van der Waals surface area contributed by atoms with Crippen LogP contribution >= 0.6 is 23.4 Å². The lowest BCUT2D eigenvalue weighted by Gasteiger charge is -2.12. The second kappa shape index (κ2) is 9.21. The standard InChI is InChI=1S/C26H18ClN3O3S/c27-18-10-12-20(13-11-18)30-25(32)23(34-26(30)33)14-17-15-29(22-9-5-4-8-21(17)22)16-24(31)28-19-6-2-1-3-7-19/h1-15H,16H2,(H,28,31)/b23-14+. The largest absolute Gasteiger partial charge is 0.337 e. The van der Waals surface area contributed by atoms with Crippen LogP contribution in [-0.4, -0.2) is 21.6 Å². The first-order valence-corrected chi connectivity index (χ1v) is 11.7. The fourth-order valence-electron chi connectivity index (χ4n) is 3.82. The van der Waals surface area contributed by atoms with Crippen molar-refractivity contribution in [1.29, 1.82) is 0 Å². The number of nitrogens with one attached hydrogen (secondary N) is 1. The van der Waals surface area contributed by atoms with Crippen LogP contribution in [0.1, 0.15) is 5.56 Å². The molecule has 1 N–H and O–H groups in total. The van der Waals surface area contributed by atoms with Crippen molar-refractivity contribution in [1.82, 2.24) is 4.57 Å². The van der Waals surface area contributed by atoms with Gasteiger partial charge in [-0.05, 0) is 60.3 Å². The number of nitrogens with zero attached hydrogens (tertiary/aromatic N) is 2. The van der Waals surface area contributed by atoms with E-state index < -0.39 is 5.91 Å². The van der Waals surface area contributed by atoms with Crippen LogP contribution in [0.2, 0.25) is 5.02 Å². The number of carbonyl (C=O) groups excluding carboxylic acids is 3. The van der Waals surface area contributed by atoms with Crippen molar-refractivity contribution in [2.24, 2.45) is 0 Å². The van der Waals surface area contributed by atoms with Crippen LogP contribution in [0.4, 0.5) is 16.2 Å². The number of aromatic nitrogens is 1. The number of amides is 3. The Morgan fingerprint density at radius 3 is 2.41 bits per heavy atom. The predicted molar refractivity (Wildman–Crippen MR) is 137 cm³/mol. The third kappa shape index (κ3) is 4.35. The summed E-state index contributed by atoms with van der Waals surface area (Å²) in [5.74, 6) is -0.558. The van der Waals surface area contributed by atoms with Crippen LogP contribution in [0.15, 0.2) is 90.0 Å². The molecule has 1 aromatic heterocycles. The van der Waals surface area contributed by atoms with E-state index >= 15 is 0 Å². The first kappa shape index (κ1) is 22.0. The van der Waals surface area contributed by atoms with Gasteiger partial charge in [0.25, 0.3) is 11.1 Å². The molecule has 0 unspecified atom stereocenters. The molecule has 1 aliphatic rings. The Morgan fingerprint density at radius 1 is 0.941 bits per heavy atom. The number of anilines is 2. The number of thioether (sulfide) groups is 1. The summed E-state index contributed by atoms with van der Waals surface area (Å²) < 4.78 is 1.84. The number of benzene rings is 3. The lowest BCUT2D eigenvalue weighted by Crippen LogP contribution is -2.27. The fraction of sp³-hybridized carbons (Fsp3) is 0.0385. The second-order valence-electron chi connectivity index (χ2n) is 7.64. The highest BCUT2D eigenvalue weighted by Gasteiger charge is 2.36. The van der Waals surface area contributed by atoms with E-state index in [-0.39, 0.29) is 17.7 Å². The molecule has 0 saturated carbocycles. The smallest absolute Gasteiger partial charge is 0.298 e. The lowest BCUT2D eigenvalue weighted by atomic mass is 10.1. The van der Waals surface area contributed by atoms with Gasteiger partial charge in [-0.25, -0.2) is 4.90 Å². The maximum absolute atomic E-state index is 13.0. The van der Waals surface area contributed by atoms with Gasteiger partial charge in [-0.1, -0.05) is 48.0 Å². The number of hydrogen-bond acceptors (Lipinski definition) is 4. The second-order valence-corrected chi connectivity index (χ2v) is 9.07. The molecule has 34 heavy (non-hydrogen) atoms. The van der Waals surface area contributed by atoms with Crippen molar-refractivity contribution in [3.63, 3.8) is 0 Å². The van der Waals surface area contributed by atoms with Gasteiger partial charge in [0.15, 0.2) is 0 Å². The molecule has 1 fully saturated rings. The Morgan fingerprint density at radius 2 is 1.65 bits per heavy atom. The van der Waals surface area contributed by atoms with Gasteiger partial charge < -0.3 is 9.88 Å². The van der Waals surface area contributed by atoms with Crippen LogP contribution in [0.25, 0.3) is 17.0 Å². The monoisotopic (exact) mass is 487 g/mol. The number of carbonyl (C=O) groups is 3. The molecule has 0 bridgehead atoms. The summed E-state index contributed by atoms with van der Waals surface area (Å²) in [4.78, 5) is 39.7. The van der Waals surface area contributed by atoms with Gasteiger partial charge >= 0.3 is 0 Å². The first-order valence-electron chi connectivity index (χ1n) is 10.5. The topological polar surface area (TPSA) is 71.4 Å². The maximum Gasteiger partial charge on any atom is 0.298 e. The van der Waals surface area contributed by atoms with Crippen LogP contribution in [0.5, 0.6) is 0 Å². The van der Waals surface area contributed by atoms with Gasteiger partial charge in [-0.15, -0.1) is 0 Å². The number of para-hydroxylation sites is 2. The van der Waals surface area contributed by atoms with E-state index in [1.165, 1.54) is 0 Å². The molecule has 6 nitrogen and oxygen atoms in total. The maximum atomic E-state index is 13.0. The van der Waals surface area contributed by atoms with Crippen LogP contribution in [0.3, 0.4) is 0 Å². The minimum atomic E-state index is -0.393. The average molecular weight is 488 g/mol. The van der Waals surface area contributed by atoms with Crippen LogP contribution in [0, 0.1) is 0 Å². The SMILES string of the molecule is O=C(Cn1cc(/C=C2/SC(=O)N(c3ccc(Cl)cc3)C2=O)c2ccccc21)Nc1ccccc1. The molecule has 4 aromatic rings. The third-order valence-corrected chi connectivity index (χ3v) is 6.48. The molecule has 1 saturated heterocycles. The first-order chi connectivity index (χ1) is 16.5. The van der Waals surface area contributed by atoms with Gasteiger partial charge in [0.2, 0.25) is 5.91 Å². The number of imide groups is 1. The summed E-state index contributed by atoms with van der Waals surface area (Å²) in [6, 6.07) is 23.4. The minimum Gasteiger partial charge on any atom is -0.337 e. The van der Waals surface area contributed by atoms with E-state index in [9.17, 15) is 14.4 Å². The highest BCUT2D eigenvalue weighted by Crippen LogP contribution is 2.37. The van der Waals surface area contributed by atoms with E-state index in [1.807, 2.05) is 65.4 Å². The Labute approximate surface area is 204 Å². The van der Waals surface area contributed by atoms with Crippen molar-refractivity contribution < 1.29 is 14.4 Å². The zero-order chi connectivity index (χ0) is 23.7. The van der Waals surface area contributed by atoms with Crippen molar-refractivity contribution in [2.45, 2.75) is 6.54 Å². The highest BCUT2D eigenvalue weighted by atomic mass is 35.5. The number of rotatable bonds is 5. The van der Waals surface area contributed by atoms with E-state index in [1.54, 1.807) is 30.3 Å². The van der Waals surface area contributed by atoms with Crippen molar-refractivity contribution >= 4 is 68.8 Å². The van der Waals surface area contributed by atoms with E-state index in [4.69, 9.17) is 11.6 Å². The molecule has 3 amide bonds. The van der Waals surface area contributed by atoms with Crippen LogP contribution in [-0.2, 0) is 16.1 Å².